The van der Waals surface area contributed by atoms with Crippen molar-refractivity contribution in [3.05, 3.63) is 17.1 Å². The van der Waals surface area contributed by atoms with Crippen LogP contribution in [0.15, 0.2) is 12.3 Å². The van der Waals surface area contributed by atoms with Crippen LogP contribution in [0.1, 0.15) is 16.6 Å². The normalized spacial score (nSPS) is 10.5. The first-order valence-electron chi connectivity index (χ1n) is 4.52. The molecule has 2 rings (SSSR count). The fraction of sp³-hybridized carbons (Fsp3) is 0.222. The molecular formula is C9H10N4OS. The van der Waals surface area contributed by atoms with E-state index >= 15 is 0 Å². The summed E-state index contributed by atoms with van der Waals surface area (Å²) in [5, 5.41) is 11.2. The number of hydrogen-bond donors (Lipinski definition) is 2. The van der Waals surface area contributed by atoms with Gasteiger partial charge in [0.25, 0.3) is 5.91 Å². The van der Waals surface area contributed by atoms with Crippen molar-refractivity contribution in [1.29, 1.82) is 0 Å². The molecule has 1 amide bonds. The van der Waals surface area contributed by atoms with E-state index in [-0.39, 0.29) is 5.91 Å². The number of nitrogens with one attached hydrogen (secondary N) is 1. The number of nitrogens with zero attached hydrogens (tertiary/aromatic N) is 2. The predicted octanol–water partition coefficient (Wildman–Crippen LogP) is 1.02. The average molecular weight is 222 g/mol. The summed E-state index contributed by atoms with van der Waals surface area (Å²) >= 11 is 1.26. The molecule has 0 saturated carbocycles. The van der Waals surface area contributed by atoms with Gasteiger partial charge in [0.2, 0.25) is 0 Å². The number of fused-ring (bicyclic) bond motifs is 1. The van der Waals surface area contributed by atoms with Gasteiger partial charge in [0.05, 0.1) is 11.9 Å². The van der Waals surface area contributed by atoms with Crippen molar-refractivity contribution in [3.63, 3.8) is 0 Å². The molecule has 0 atom stereocenters. The first-order chi connectivity index (χ1) is 7.24. The molecule has 0 unspecified atom stereocenters. The van der Waals surface area contributed by atoms with Crippen LogP contribution < -0.4 is 11.1 Å². The van der Waals surface area contributed by atoms with E-state index in [0.717, 1.165) is 5.39 Å². The molecule has 2 heterocycles. The molecular weight excluding hydrogens is 212 g/mol. The average Bonchev–Trinajstić information content (AvgIpc) is 2.57. The lowest BCUT2D eigenvalue weighted by atomic mass is 10.3. The molecule has 78 valence electrons. The largest absolute Gasteiger partial charge is 0.397 e. The number of hydrogen-bond acceptors (Lipinski definition) is 5. The Kier molecular flexibility index (Phi) is 2.51. The molecule has 2 aromatic heterocycles. The number of nitrogens with two attached hydrogens (primary N) is 1. The van der Waals surface area contributed by atoms with Crippen molar-refractivity contribution in [1.82, 2.24) is 15.5 Å². The number of carbonyl (C=O) groups is 1. The van der Waals surface area contributed by atoms with Gasteiger partial charge in [-0.1, -0.05) is 0 Å². The van der Waals surface area contributed by atoms with Gasteiger partial charge in [-0.05, 0) is 13.0 Å². The molecule has 0 spiro atoms. The molecule has 0 saturated heterocycles. The second kappa shape index (κ2) is 3.82. The molecule has 3 N–H and O–H groups in total. The number of thiophene rings is 1. The van der Waals surface area contributed by atoms with Gasteiger partial charge in [0.15, 0.2) is 0 Å². The van der Waals surface area contributed by atoms with E-state index in [9.17, 15) is 4.79 Å². The molecule has 0 fully saturated rings. The van der Waals surface area contributed by atoms with Crippen LogP contribution in [-0.4, -0.2) is 22.6 Å². The molecule has 2 aromatic rings. The number of rotatable bonds is 2. The Hall–Kier alpha value is -1.69. The molecule has 0 aliphatic rings. The van der Waals surface area contributed by atoms with Crippen LogP contribution in [0, 0.1) is 0 Å². The van der Waals surface area contributed by atoms with E-state index < -0.39 is 0 Å². The molecule has 0 aliphatic carbocycles. The summed E-state index contributed by atoms with van der Waals surface area (Å²) < 4.78 is 0. The van der Waals surface area contributed by atoms with E-state index in [1.807, 2.05) is 6.92 Å². The lowest BCUT2D eigenvalue weighted by Crippen LogP contribution is -2.22. The fourth-order valence-electron chi connectivity index (χ4n) is 1.28. The minimum absolute atomic E-state index is 0.155. The first kappa shape index (κ1) is 9.85. The SMILES string of the molecule is CCNC(=O)c1sc2nnccc2c1N. The van der Waals surface area contributed by atoms with E-state index in [0.29, 0.717) is 21.9 Å². The van der Waals surface area contributed by atoms with E-state index in [1.54, 1.807) is 12.3 Å². The topological polar surface area (TPSA) is 80.9 Å². The molecule has 0 aliphatic heterocycles. The summed E-state index contributed by atoms with van der Waals surface area (Å²) in [6, 6.07) is 1.76. The number of amides is 1. The predicted molar refractivity (Wildman–Crippen MR) is 59.8 cm³/mol. The lowest BCUT2D eigenvalue weighted by Gasteiger charge is -1.99. The summed E-state index contributed by atoms with van der Waals surface area (Å²) in [6.07, 6.45) is 1.56. The van der Waals surface area contributed by atoms with Crippen LogP contribution >= 0.6 is 11.3 Å². The van der Waals surface area contributed by atoms with Crippen LogP contribution in [0.2, 0.25) is 0 Å². The summed E-state index contributed by atoms with van der Waals surface area (Å²) in [5.74, 6) is -0.155. The molecule has 0 radical (unpaired) electrons. The fourth-order valence-corrected chi connectivity index (χ4v) is 2.24. The summed E-state index contributed by atoms with van der Waals surface area (Å²) in [7, 11) is 0. The first-order valence-corrected chi connectivity index (χ1v) is 5.33. The maximum atomic E-state index is 11.6. The van der Waals surface area contributed by atoms with E-state index in [1.165, 1.54) is 11.3 Å². The van der Waals surface area contributed by atoms with Crippen LogP contribution in [0.4, 0.5) is 5.69 Å². The van der Waals surface area contributed by atoms with Gasteiger partial charge in [-0.15, -0.1) is 16.4 Å². The number of aromatic nitrogens is 2. The zero-order chi connectivity index (χ0) is 10.8. The maximum Gasteiger partial charge on any atom is 0.263 e. The van der Waals surface area contributed by atoms with Crippen molar-refractivity contribution < 1.29 is 4.79 Å². The highest BCUT2D eigenvalue weighted by molar-refractivity contribution is 7.21. The molecule has 0 aromatic carbocycles. The maximum absolute atomic E-state index is 11.6. The van der Waals surface area contributed by atoms with Gasteiger partial charge >= 0.3 is 0 Å². The third kappa shape index (κ3) is 1.63. The van der Waals surface area contributed by atoms with Crippen LogP contribution in [0.3, 0.4) is 0 Å². The van der Waals surface area contributed by atoms with Gasteiger partial charge in [0, 0.05) is 11.9 Å². The highest BCUT2D eigenvalue weighted by Crippen LogP contribution is 2.31. The van der Waals surface area contributed by atoms with Gasteiger partial charge in [-0.25, -0.2) is 0 Å². The summed E-state index contributed by atoms with van der Waals surface area (Å²) in [5.41, 5.74) is 6.33. The zero-order valence-electron chi connectivity index (χ0n) is 8.15. The molecule has 6 heteroatoms. The van der Waals surface area contributed by atoms with Gasteiger partial charge in [-0.2, -0.15) is 5.10 Å². The molecule has 5 nitrogen and oxygen atoms in total. The van der Waals surface area contributed by atoms with Gasteiger partial charge in [-0.3, -0.25) is 4.79 Å². The van der Waals surface area contributed by atoms with Crippen molar-refractivity contribution in [3.8, 4) is 0 Å². The summed E-state index contributed by atoms with van der Waals surface area (Å²) in [4.78, 5) is 12.8. The zero-order valence-corrected chi connectivity index (χ0v) is 8.97. The monoisotopic (exact) mass is 222 g/mol. The number of carbonyl (C=O) groups excluding carboxylic acids is 1. The van der Waals surface area contributed by atoms with Crippen molar-refractivity contribution in [2.75, 3.05) is 12.3 Å². The minimum Gasteiger partial charge on any atom is -0.397 e. The summed E-state index contributed by atoms with van der Waals surface area (Å²) in [6.45, 7) is 2.44. The Morgan fingerprint density at radius 1 is 1.67 bits per heavy atom. The molecule has 15 heavy (non-hydrogen) atoms. The van der Waals surface area contributed by atoms with E-state index in [4.69, 9.17) is 5.73 Å². The quantitative estimate of drug-likeness (QED) is 0.795. The smallest absolute Gasteiger partial charge is 0.263 e. The van der Waals surface area contributed by atoms with E-state index in [2.05, 4.69) is 15.5 Å². The minimum atomic E-state index is -0.155. The van der Waals surface area contributed by atoms with Gasteiger partial charge in [0.1, 0.15) is 9.71 Å². The van der Waals surface area contributed by atoms with Gasteiger partial charge < -0.3 is 11.1 Å². The second-order valence-electron chi connectivity index (χ2n) is 2.95. The second-order valence-corrected chi connectivity index (χ2v) is 3.95. The Morgan fingerprint density at radius 2 is 2.47 bits per heavy atom. The Balaban J connectivity index is 2.53. The lowest BCUT2D eigenvalue weighted by molar-refractivity contribution is 0.0960. The standard InChI is InChI=1S/C9H10N4OS/c1-2-11-8(14)7-6(10)5-3-4-12-13-9(5)15-7/h3-4H,2,10H2,1H3,(H,11,14). The highest BCUT2D eigenvalue weighted by Gasteiger charge is 2.16. The highest BCUT2D eigenvalue weighted by atomic mass is 32.1. The number of anilines is 1. The third-order valence-corrected chi connectivity index (χ3v) is 3.07. The number of nitrogen functional groups attached to an aromatic ring is 1. The van der Waals surface area contributed by atoms with Crippen molar-refractivity contribution in [2.24, 2.45) is 0 Å². The van der Waals surface area contributed by atoms with Crippen molar-refractivity contribution >= 4 is 33.1 Å². The Labute approximate surface area is 90.3 Å². The Morgan fingerprint density at radius 3 is 3.13 bits per heavy atom. The van der Waals surface area contributed by atoms with Crippen molar-refractivity contribution in [2.45, 2.75) is 6.92 Å². The third-order valence-electron chi connectivity index (χ3n) is 1.96. The molecule has 0 bridgehead atoms. The van der Waals surface area contributed by atoms with Crippen LogP contribution in [0.5, 0.6) is 0 Å². The van der Waals surface area contributed by atoms with Crippen LogP contribution in [-0.2, 0) is 0 Å². The van der Waals surface area contributed by atoms with Crippen LogP contribution in [0.25, 0.3) is 10.2 Å². The Bertz CT molecular complexity index is 508.